The Labute approximate surface area is 149 Å². The summed E-state index contributed by atoms with van der Waals surface area (Å²) in [5.74, 6) is 0. The van der Waals surface area contributed by atoms with Gasteiger partial charge in [0.15, 0.2) is 0 Å². The van der Waals surface area contributed by atoms with Crippen LogP contribution < -0.4 is 0 Å². The van der Waals surface area contributed by atoms with E-state index < -0.39 is 22.6 Å². The van der Waals surface area contributed by atoms with Gasteiger partial charge in [-0.25, -0.2) is 0 Å². The molecule has 136 valence electrons. The fraction of sp³-hybridized carbons (Fsp3) is 0.294. The SMILES string of the molecule is OP(O)OCC(COP(O)O)(Cc1ccccc1)Cc1ccccc1. The minimum atomic E-state index is -2.52. The third-order valence-electron chi connectivity index (χ3n) is 3.82. The third-order valence-corrected chi connectivity index (χ3v) is 4.54. The van der Waals surface area contributed by atoms with Crippen LogP contribution in [-0.4, -0.2) is 32.8 Å². The Morgan fingerprint density at radius 3 is 1.32 bits per heavy atom. The Morgan fingerprint density at radius 2 is 1.00 bits per heavy atom. The van der Waals surface area contributed by atoms with Gasteiger partial charge in [0.05, 0.1) is 13.2 Å². The number of hydrogen-bond acceptors (Lipinski definition) is 6. The van der Waals surface area contributed by atoms with E-state index in [4.69, 9.17) is 9.05 Å². The smallest absolute Gasteiger partial charge is 0.327 e. The molecule has 8 heteroatoms. The summed E-state index contributed by atoms with van der Waals surface area (Å²) < 4.78 is 10.2. The zero-order valence-electron chi connectivity index (χ0n) is 13.6. The monoisotopic (exact) mass is 384 g/mol. The van der Waals surface area contributed by atoms with Gasteiger partial charge in [0.2, 0.25) is 0 Å². The Balaban J connectivity index is 2.28. The van der Waals surface area contributed by atoms with Crippen molar-refractivity contribution in [1.82, 2.24) is 0 Å². The fourth-order valence-electron chi connectivity index (χ4n) is 2.76. The van der Waals surface area contributed by atoms with Crippen molar-refractivity contribution in [3.05, 3.63) is 71.8 Å². The number of hydrogen-bond donors (Lipinski definition) is 4. The molecule has 0 aliphatic carbocycles. The van der Waals surface area contributed by atoms with Crippen molar-refractivity contribution < 1.29 is 28.6 Å². The molecule has 0 spiro atoms. The highest BCUT2D eigenvalue weighted by Crippen LogP contribution is 2.38. The lowest BCUT2D eigenvalue weighted by molar-refractivity contribution is 0.0649. The average molecular weight is 384 g/mol. The molecule has 4 N–H and O–H groups in total. The lowest BCUT2D eigenvalue weighted by Gasteiger charge is -2.34. The van der Waals surface area contributed by atoms with E-state index in [2.05, 4.69) is 0 Å². The van der Waals surface area contributed by atoms with Crippen LogP contribution in [0.2, 0.25) is 0 Å². The summed E-state index contributed by atoms with van der Waals surface area (Å²) in [6, 6.07) is 19.3. The van der Waals surface area contributed by atoms with Gasteiger partial charge in [-0.05, 0) is 24.0 Å². The molecule has 0 saturated carbocycles. The summed E-state index contributed by atoms with van der Waals surface area (Å²) in [6.07, 6.45) is 1.05. The molecule has 0 radical (unpaired) electrons. The van der Waals surface area contributed by atoms with Crippen molar-refractivity contribution >= 4 is 17.2 Å². The van der Waals surface area contributed by atoms with Crippen LogP contribution >= 0.6 is 17.2 Å². The van der Waals surface area contributed by atoms with Gasteiger partial charge < -0.3 is 28.6 Å². The normalized spacial score (nSPS) is 12.1. The number of rotatable bonds is 10. The first-order valence-corrected chi connectivity index (χ1v) is 10.0. The Kier molecular flexibility index (Phi) is 8.37. The summed E-state index contributed by atoms with van der Waals surface area (Å²) in [5.41, 5.74) is 1.36. The van der Waals surface area contributed by atoms with Crippen LogP contribution in [0.5, 0.6) is 0 Å². The van der Waals surface area contributed by atoms with Crippen molar-refractivity contribution in [3.8, 4) is 0 Å². The molecule has 0 bridgehead atoms. The lowest BCUT2D eigenvalue weighted by Crippen LogP contribution is -2.36. The maximum Gasteiger partial charge on any atom is 0.327 e. The predicted molar refractivity (Wildman–Crippen MR) is 97.3 cm³/mol. The molecule has 0 aliphatic heterocycles. The van der Waals surface area contributed by atoms with E-state index in [0.29, 0.717) is 12.8 Å². The van der Waals surface area contributed by atoms with Crippen LogP contribution in [0.1, 0.15) is 11.1 Å². The van der Waals surface area contributed by atoms with E-state index in [1.54, 1.807) is 0 Å². The van der Waals surface area contributed by atoms with E-state index in [0.717, 1.165) is 11.1 Å². The summed E-state index contributed by atoms with van der Waals surface area (Å²) in [7, 11) is -5.03. The summed E-state index contributed by atoms with van der Waals surface area (Å²) in [4.78, 5) is 36.8. The molecular weight excluding hydrogens is 362 g/mol. The maximum absolute atomic E-state index is 9.19. The minimum Gasteiger partial charge on any atom is -0.328 e. The fourth-order valence-corrected chi connectivity index (χ4v) is 3.53. The molecule has 2 aromatic carbocycles. The molecule has 2 aromatic rings. The third kappa shape index (κ3) is 7.45. The molecule has 25 heavy (non-hydrogen) atoms. The van der Waals surface area contributed by atoms with Crippen molar-refractivity contribution in [3.63, 3.8) is 0 Å². The minimum absolute atomic E-state index is 0.0126. The molecule has 0 aromatic heterocycles. The van der Waals surface area contributed by atoms with E-state index in [9.17, 15) is 19.6 Å². The quantitative estimate of drug-likeness (QED) is 0.470. The lowest BCUT2D eigenvalue weighted by atomic mass is 9.78. The molecule has 2 rings (SSSR count). The molecular formula is C17H22O6P2. The topological polar surface area (TPSA) is 99.4 Å². The highest BCUT2D eigenvalue weighted by Gasteiger charge is 2.34. The molecule has 0 saturated heterocycles. The van der Waals surface area contributed by atoms with E-state index >= 15 is 0 Å². The average Bonchev–Trinajstić information content (AvgIpc) is 2.60. The molecule has 0 amide bonds. The Hall–Kier alpha value is -0.940. The van der Waals surface area contributed by atoms with Crippen LogP contribution in [-0.2, 0) is 21.9 Å². The highest BCUT2D eigenvalue weighted by molar-refractivity contribution is 7.39. The van der Waals surface area contributed by atoms with Gasteiger partial charge in [-0.1, -0.05) is 60.7 Å². The molecule has 0 atom stereocenters. The van der Waals surface area contributed by atoms with Crippen LogP contribution in [0.25, 0.3) is 0 Å². The standard InChI is InChI=1S/C17H22O6P2/c18-24(19)22-13-17(14-23-25(20)21,11-15-7-3-1-4-8-15)12-16-9-5-2-6-10-16/h1-10,18-21H,11-14H2. The second kappa shape index (κ2) is 10.3. The number of benzene rings is 2. The zero-order valence-corrected chi connectivity index (χ0v) is 15.4. The second-order valence-electron chi connectivity index (χ2n) is 5.88. The van der Waals surface area contributed by atoms with Gasteiger partial charge in [-0.15, -0.1) is 0 Å². The van der Waals surface area contributed by atoms with Crippen LogP contribution in [0, 0.1) is 5.41 Å². The molecule has 0 fully saturated rings. The van der Waals surface area contributed by atoms with Gasteiger partial charge in [0.25, 0.3) is 0 Å². The molecule has 0 aliphatic rings. The van der Waals surface area contributed by atoms with Gasteiger partial charge in [-0.3, -0.25) is 0 Å². The van der Waals surface area contributed by atoms with E-state index in [1.807, 2.05) is 60.7 Å². The highest BCUT2D eigenvalue weighted by atomic mass is 31.2. The van der Waals surface area contributed by atoms with Crippen molar-refractivity contribution in [2.24, 2.45) is 5.41 Å². The first kappa shape index (κ1) is 20.4. The molecule has 6 nitrogen and oxygen atoms in total. The maximum atomic E-state index is 9.19. The summed E-state index contributed by atoms with van der Waals surface area (Å²) in [5, 5.41) is 0. The van der Waals surface area contributed by atoms with E-state index in [-0.39, 0.29) is 13.2 Å². The van der Waals surface area contributed by atoms with Crippen LogP contribution in [0.4, 0.5) is 0 Å². The predicted octanol–water partition coefficient (Wildman–Crippen LogP) is 2.91. The largest absolute Gasteiger partial charge is 0.328 e. The molecule has 0 heterocycles. The van der Waals surface area contributed by atoms with Crippen molar-refractivity contribution in [1.29, 1.82) is 0 Å². The van der Waals surface area contributed by atoms with Crippen LogP contribution in [0.3, 0.4) is 0 Å². The Bertz CT molecular complexity index is 554. The summed E-state index contributed by atoms with van der Waals surface area (Å²) >= 11 is 0. The van der Waals surface area contributed by atoms with Gasteiger partial charge in [0, 0.05) is 5.41 Å². The molecule has 0 unspecified atom stereocenters. The van der Waals surface area contributed by atoms with Crippen molar-refractivity contribution in [2.45, 2.75) is 12.8 Å². The Morgan fingerprint density at radius 1 is 0.640 bits per heavy atom. The summed E-state index contributed by atoms with van der Waals surface area (Å²) in [6.45, 7) is 0.0251. The van der Waals surface area contributed by atoms with Crippen LogP contribution in [0.15, 0.2) is 60.7 Å². The van der Waals surface area contributed by atoms with Gasteiger partial charge in [-0.2, -0.15) is 0 Å². The van der Waals surface area contributed by atoms with Gasteiger partial charge in [0.1, 0.15) is 0 Å². The van der Waals surface area contributed by atoms with Crippen molar-refractivity contribution in [2.75, 3.05) is 13.2 Å². The zero-order chi connectivity index (χ0) is 18.1. The van der Waals surface area contributed by atoms with E-state index in [1.165, 1.54) is 0 Å². The van der Waals surface area contributed by atoms with Gasteiger partial charge >= 0.3 is 17.2 Å². The first-order chi connectivity index (χ1) is 12.0. The second-order valence-corrected chi connectivity index (χ2v) is 7.40. The first-order valence-electron chi connectivity index (χ1n) is 7.69.